The highest BCUT2D eigenvalue weighted by molar-refractivity contribution is 5.81. The highest BCUT2D eigenvalue weighted by Gasteiger charge is 2.48. The summed E-state index contributed by atoms with van der Waals surface area (Å²) in [6.45, 7) is 2.98. The summed E-state index contributed by atoms with van der Waals surface area (Å²) in [5.41, 5.74) is 1.02. The summed E-state index contributed by atoms with van der Waals surface area (Å²) in [4.78, 5) is 28.4. The molecule has 2 aliphatic rings. The largest absolute Gasteiger partial charge is 0.491 e. The first-order chi connectivity index (χ1) is 18.4. The van der Waals surface area contributed by atoms with Crippen LogP contribution in [0.5, 0.6) is 5.75 Å². The Hall–Kier alpha value is -2.72. The second-order valence-electron chi connectivity index (χ2n) is 10.4. The molecular weight excluding hydrogens is 486 g/mol. The summed E-state index contributed by atoms with van der Waals surface area (Å²) in [5.74, 6) is -0.0214. The predicted octanol–water partition coefficient (Wildman–Crippen LogP) is 1.98. The number of carbonyl (C=O) groups excluding carboxylic acids is 1. The van der Waals surface area contributed by atoms with Crippen LogP contribution in [-0.4, -0.2) is 73.7 Å². The van der Waals surface area contributed by atoms with Crippen LogP contribution in [0.4, 0.5) is 0 Å². The molecule has 2 N–H and O–H groups in total. The number of ether oxygens (including phenoxy) is 3. The van der Waals surface area contributed by atoms with Gasteiger partial charge in [0.1, 0.15) is 18.0 Å². The zero-order valence-corrected chi connectivity index (χ0v) is 22.8. The van der Waals surface area contributed by atoms with Gasteiger partial charge in [-0.2, -0.15) is 0 Å². The third kappa shape index (κ3) is 6.83. The van der Waals surface area contributed by atoms with Crippen molar-refractivity contribution in [2.45, 2.75) is 50.3 Å². The molecule has 2 heterocycles. The van der Waals surface area contributed by atoms with Crippen molar-refractivity contribution in [2.75, 3.05) is 47.1 Å². The van der Waals surface area contributed by atoms with E-state index in [-0.39, 0.29) is 17.5 Å². The van der Waals surface area contributed by atoms with Crippen molar-refractivity contribution in [1.82, 2.24) is 14.8 Å². The molecule has 0 radical (unpaired) electrons. The topological polar surface area (TPSA) is 102 Å². The van der Waals surface area contributed by atoms with Gasteiger partial charge in [0.15, 0.2) is 0 Å². The smallest absolute Gasteiger partial charge is 0.250 e. The lowest BCUT2D eigenvalue weighted by atomic mass is 9.76. The van der Waals surface area contributed by atoms with Crippen LogP contribution in [0.1, 0.15) is 42.4 Å². The molecule has 1 saturated carbocycles. The summed E-state index contributed by atoms with van der Waals surface area (Å²) in [6, 6.07) is 9.52. The minimum atomic E-state index is -1.40. The molecule has 2 atom stereocenters. The second-order valence-corrected chi connectivity index (χ2v) is 10.4. The number of carbonyl (C=O) groups is 1. The van der Waals surface area contributed by atoms with E-state index in [4.69, 9.17) is 14.2 Å². The van der Waals surface area contributed by atoms with Crippen molar-refractivity contribution in [2.24, 2.45) is 13.0 Å². The fourth-order valence-electron chi connectivity index (χ4n) is 5.20. The molecule has 1 aromatic carbocycles. The minimum absolute atomic E-state index is 0.0884. The summed E-state index contributed by atoms with van der Waals surface area (Å²) in [7, 11) is 5.01. The van der Waals surface area contributed by atoms with Crippen molar-refractivity contribution >= 4 is 5.91 Å². The number of nitrogens with zero attached hydrogens (tertiary/aromatic N) is 2. The normalized spacial score (nSPS) is 21.3. The van der Waals surface area contributed by atoms with E-state index in [2.05, 4.69) is 11.4 Å². The molecule has 4 rings (SSSR count). The molecule has 9 heteroatoms. The second kappa shape index (κ2) is 12.9. The van der Waals surface area contributed by atoms with Crippen molar-refractivity contribution in [1.29, 1.82) is 0 Å². The lowest BCUT2D eigenvalue weighted by Gasteiger charge is -2.42. The van der Waals surface area contributed by atoms with Gasteiger partial charge in [-0.3, -0.25) is 9.59 Å². The maximum absolute atomic E-state index is 14.1. The number of aryl methyl sites for hydroxylation is 2. The van der Waals surface area contributed by atoms with Gasteiger partial charge in [0.2, 0.25) is 5.91 Å². The maximum atomic E-state index is 14.1. The number of aliphatic hydroxyl groups is 1. The molecule has 0 bridgehead atoms. The monoisotopic (exact) mass is 527 g/mol. The molecule has 38 heavy (non-hydrogen) atoms. The Kier molecular flexibility index (Phi) is 9.59. The molecule has 1 unspecified atom stereocenters. The van der Waals surface area contributed by atoms with Gasteiger partial charge >= 0.3 is 0 Å². The summed E-state index contributed by atoms with van der Waals surface area (Å²) < 4.78 is 17.8. The Morgan fingerprint density at radius 2 is 1.89 bits per heavy atom. The summed E-state index contributed by atoms with van der Waals surface area (Å²) in [6.07, 6.45) is 5.64. The number of rotatable bonds is 13. The van der Waals surface area contributed by atoms with Crippen molar-refractivity contribution in [3.8, 4) is 5.75 Å². The SMILES string of the molecule is COCCCc1cc(CN(C(=O)C2CNCC[C@]2(O)c2ccn(C)c(=O)c2)C2CC2)cc(OCCOC)c1. The molecule has 208 valence electrons. The number of hydrogen-bond donors (Lipinski definition) is 2. The Morgan fingerprint density at radius 3 is 2.61 bits per heavy atom. The van der Waals surface area contributed by atoms with Crippen LogP contribution in [0.3, 0.4) is 0 Å². The van der Waals surface area contributed by atoms with Gasteiger partial charge in [-0.1, -0.05) is 6.07 Å². The molecule has 1 aliphatic carbocycles. The maximum Gasteiger partial charge on any atom is 0.250 e. The number of pyridine rings is 1. The van der Waals surface area contributed by atoms with Gasteiger partial charge in [0, 0.05) is 59.3 Å². The van der Waals surface area contributed by atoms with E-state index in [1.807, 2.05) is 17.0 Å². The van der Waals surface area contributed by atoms with Crippen LogP contribution >= 0.6 is 0 Å². The fraction of sp³-hybridized carbons (Fsp3) is 0.586. The number of benzene rings is 1. The molecule has 1 aliphatic heterocycles. The highest BCUT2D eigenvalue weighted by Crippen LogP contribution is 2.39. The average molecular weight is 528 g/mol. The standard InChI is InChI=1S/C29H41N3O6/c1-31-11-8-23(18-27(31)33)29(35)9-10-30-19-26(29)28(34)32(24-6-7-24)20-22-15-21(5-4-12-36-2)16-25(17-22)38-14-13-37-3/h8,11,15-18,24,26,30,35H,4-7,9-10,12-14,19-20H2,1-3H3/t26?,29-/m0/s1. The Balaban J connectivity index is 1.59. The lowest BCUT2D eigenvalue weighted by Crippen LogP contribution is -2.55. The number of nitrogens with one attached hydrogen (secondary N) is 1. The minimum Gasteiger partial charge on any atom is -0.491 e. The molecule has 9 nitrogen and oxygen atoms in total. The molecule has 2 fully saturated rings. The van der Waals surface area contributed by atoms with E-state index in [0.717, 1.165) is 42.6 Å². The van der Waals surface area contributed by atoms with E-state index >= 15 is 0 Å². The number of aromatic nitrogens is 1. The number of hydrogen-bond acceptors (Lipinski definition) is 7. The first-order valence-corrected chi connectivity index (χ1v) is 13.5. The Morgan fingerprint density at radius 1 is 1.13 bits per heavy atom. The van der Waals surface area contributed by atoms with Gasteiger partial charge < -0.3 is 34.1 Å². The number of amides is 1. The van der Waals surface area contributed by atoms with Gasteiger partial charge in [-0.15, -0.1) is 0 Å². The van der Waals surface area contributed by atoms with Gasteiger partial charge in [-0.25, -0.2) is 0 Å². The van der Waals surface area contributed by atoms with Gasteiger partial charge in [0.05, 0.1) is 12.5 Å². The van der Waals surface area contributed by atoms with Gasteiger partial charge in [0.25, 0.3) is 5.56 Å². The Labute approximate surface area is 224 Å². The number of piperidine rings is 1. The van der Waals surface area contributed by atoms with E-state index in [0.29, 0.717) is 51.4 Å². The van der Waals surface area contributed by atoms with E-state index in [1.165, 1.54) is 10.6 Å². The third-order valence-corrected chi connectivity index (χ3v) is 7.53. The van der Waals surface area contributed by atoms with Crippen LogP contribution in [0.25, 0.3) is 0 Å². The molecule has 0 spiro atoms. The first-order valence-electron chi connectivity index (χ1n) is 13.5. The van der Waals surface area contributed by atoms with Crippen LogP contribution < -0.4 is 15.6 Å². The third-order valence-electron chi connectivity index (χ3n) is 7.53. The molecule has 1 aromatic heterocycles. The van der Waals surface area contributed by atoms with Crippen LogP contribution in [0, 0.1) is 5.92 Å². The summed E-state index contributed by atoms with van der Waals surface area (Å²) in [5, 5.41) is 15.1. The first kappa shape index (κ1) is 28.3. The van der Waals surface area contributed by atoms with Gasteiger partial charge in [-0.05, 0) is 73.5 Å². The Bertz CT molecular complexity index is 1120. The number of methoxy groups -OCH3 is 2. The van der Waals surface area contributed by atoms with E-state index < -0.39 is 11.5 Å². The van der Waals surface area contributed by atoms with E-state index in [9.17, 15) is 14.7 Å². The fourth-order valence-corrected chi connectivity index (χ4v) is 5.20. The lowest BCUT2D eigenvalue weighted by molar-refractivity contribution is -0.150. The van der Waals surface area contributed by atoms with Crippen LogP contribution in [0.15, 0.2) is 41.3 Å². The molecular formula is C29H41N3O6. The van der Waals surface area contributed by atoms with E-state index in [1.54, 1.807) is 33.5 Å². The van der Waals surface area contributed by atoms with Crippen molar-refractivity contribution in [3.05, 3.63) is 63.6 Å². The zero-order chi connectivity index (χ0) is 27.1. The highest BCUT2D eigenvalue weighted by atomic mass is 16.5. The molecule has 1 amide bonds. The molecule has 1 saturated heterocycles. The average Bonchev–Trinajstić information content (AvgIpc) is 3.74. The van der Waals surface area contributed by atoms with Crippen molar-refractivity contribution in [3.63, 3.8) is 0 Å². The van der Waals surface area contributed by atoms with Crippen molar-refractivity contribution < 1.29 is 24.1 Å². The summed E-state index contributed by atoms with van der Waals surface area (Å²) >= 11 is 0. The van der Waals surface area contributed by atoms with Crippen LogP contribution in [0.2, 0.25) is 0 Å². The molecule has 2 aromatic rings. The predicted molar refractivity (Wildman–Crippen MR) is 144 cm³/mol. The zero-order valence-electron chi connectivity index (χ0n) is 22.8. The quantitative estimate of drug-likeness (QED) is 0.384. The van der Waals surface area contributed by atoms with Crippen LogP contribution in [-0.2, 0) is 39.9 Å².